The third kappa shape index (κ3) is 3.64. The molecule has 2 aromatic carbocycles. The Morgan fingerprint density at radius 3 is 2.56 bits per heavy atom. The highest BCUT2D eigenvalue weighted by atomic mass is 32.1. The van der Waals surface area contributed by atoms with Crippen LogP contribution in [0.4, 0.5) is 17.1 Å². The molecule has 0 atom stereocenters. The smallest absolute Gasteiger partial charge is 0.293 e. The van der Waals surface area contributed by atoms with Gasteiger partial charge in [0.05, 0.1) is 4.92 Å². The van der Waals surface area contributed by atoms with Crippen molar-refractivity contribution in [3.63, 3.8) is 0 Å². The normalized spacial score (nSPS) is 10.3. The number of nitro groups is 1. The number of nitrogens with zero attached hydrogens (tertiary/aromatic N) is 2. The van der Waals surface area contributed by atoms with Gasteiger partial charge in [-0.05, 0) is 36.4 Å². The summed E-state index contributed by atoms with van der Waals surface area (Å²) in [4.78, 5) is 27.1. The second kappa shape index (κ2) is 7.10. The lowest BCUT2D eigenvalue weighted by Crippen LogP contribution is -2.12. The Hall–Kier alpha value is -3.26. The van der Waals surface area contributed by atoms with Crippen LogP contribution in [0.5, 0.6) is 0 Å². The van der Waals surface area contributed by atoms with Crippen molar-refractivity contribution in [3.8, 4) is 10.6 Å². The van der Waals surface area contributed by atoms with Crippen LogP contribution in [0.15, 0.2) is 54.0 Å². The number of nitrogens with one attached hydrogen (secondary N) is 2. The Balaban J connectivity index is 1.78. The molecule has 0 spiro atoms. The number of carbonyl (C=O) groups is 1. The molecule has 1 amide bonds. The molecule has 0 aliphatic heterocycles. The van der Waals surface area contributed by atoms with E-state index in [-0.39, 0.29) is 11.3 Å². The minimum atomic E-state index is -0.522. The predicted octanol–water partition coefficient (Wildman–Crippen LogP) is 4.01. The van der Waals surface area contributed by atoms with Crippen LogP contribution in [-0.2, 0) is 0 Å². The van der Waals surface area contributed by atoms with Crippen LogP contribution in [0.2, 0.25) is 0 Å². The van der Waals surface area contributed by atoms with Gasteiger partial charge in [-0.1, -0.05) is 0 Å². The van der Waals surface area contributed by atoms with E-state index in [2.05, 4.69) is 15.6 Å². The van der Waals surface area contributed by atoms with Gasteiger partial charge in [0.1, 0.15) is 10.7 Å². The fraction of sp³-hybridized carbons (Fsp3) is 0.0588. The number of rotatable bonds is 5. The molecule has 1 heterocycles. The van der Waals surface area contributed by atoms with Crippen molar-refractivity contribution in [3.05, 3.63) is 69.7 Å². The monoisotopic (exact) mass is 354 g/mol. The molecule has 25 heavy (non-hydrogen) atoms. The second-order valence-corrected chi connectivity index (χ2v) is 6.00. The van der Waals surface area contributed by atoms with Crippen LogP contribution in [-0.4, -0.2) is 22.9 Å². The maximum Gasteiger partial charge on any atom is 0.293 e. The van der Waals surface area contributed by atoms with Crippen molar-refractivity contribution in [2.45, 2.75) is 0 Å². The average Bonchev–Trinajstić information content (AvgIpc) is 3.16. The highest BCUT2D eigenvalue weighted by Gasteiger charge is 2.17. The first kappa shape index (κ1) is 16.6. The first-order chi connectivity index (χ1) is 12.1. The van der Waals surface area contributed by atoms with E-state index in [1.54, 1.807) is 25.4 Å². The molecule has 2 N–H and O–H groups in total. The summed E-state index contributed by atoms with van der Waals surface area (Å²) in [6.45, 7) is 0. The Bertz CT molecular complexity index is 908. The lowest BCUT2D eigenvalue weighted by molar-refractivity contribution is -0.384. The minimum Gasteiger partial charge on any atom is -0.383 e. The number of hydrogen-bond donors (Lipinski definition) is 2. The fourth-order valence-electron chi connectivity index (χ4n) is 2.30. The van der Waals surface area contributed by atoms with Crippen molar-refractivity contribution < 1.29 is 9.72 Å². The molecule has 126 valence electrons. The van der Waals surface area contributed by atoms with Crippen LogP contribution in [0.25, 0.3) is 10.6 Å². The van der Waals surface area contributed by atoms with Gasteiger partial charge in [-0.3, -0.25) is 14.9 Å². The molecule has 7 nitrogen and oxygen atoms in total. The molecule has 0 saturated carbocycles. The topological polar surface area (TPSA) is 97.2 Å². The Kier molecular flexibility index (Phi) is 4.71. The summed E-state index contributed by atoms with van der Waals surface area (Å²) in [5, 5.41) is 19.4. The molecule has 0 bridgehead atoms. The summed E-state index contributed by atoms with van der Waals surface area (Å²) >= 11 is 1.53. The average molecular weight is 354 g/mol. The molecule has 0 radical (unpaired) electrons. The molecule has 8 heteroatoms. The number of carbonyl (C=O) groups excluding carboxylic acids is 1. The quantitative estimate of drug-likeness (QED) is 0.533. The molecule has 1 aromatic heterocycles. The first-order valence-corrected chi connectivity index (χ1v) is 8.24. The highest BCUT2D eigenvalue weighted by Crippen LogP contribution is 2.26. The molecular formula is C17H14N4O3S. The number of nitro benzene ring substituents is 1. The minimum absolute atomic E-state index is 0.144. The Morgan fingerprint density at radius 2 is 1.96 bits per heavy atom. The zero-order valence-electron chi connectivity index (χ0n) is 13.2. The van der Waals surface area contributed by atoms with Gasteiger partial charge in [-0.15, -0.1) is 11.3 Å². The van der Waals surface area contributed by atoms with E-state index in [4.69, 9.17) is 0 Å². The molecular weight excluding hydrogens is 340 g/mol. The van der Waals surface area contributed by atoms with Gasteiger partial charge in [0.25, 0.3) is 11.6 Å². The maximum atomic E-state index is 12.3. The zero-order valence-corrected chi connectivity index (χ0v) is 14.0. The lowest BCUT2D eigenvalue weighted by atomic mass is 10.1. The number of hydrogen-bond acceptors (Lipinski definition) is 6. The molecule has 0 aliphatic carbocycles. The van der Waals surface area contributed by atoms with E-state index in [1.807, 2.05) is 17.5 Å². The van der Waals surface area contributed by atoms with Gasteiger partial charge in [0.15, 0.2) is 0 Å². The summed E-state index contributed by atoms with van der Waals surface area (Å²) in [5.74, 6) is -0.409. The Labute approximate surface area is 147 Å². The van der Waals surface area contributed by atoms with Crippen molar-refractivity contribution in [1.82, 2.24) is 4.98 Å². The molecule has 0 unspecified atom stereocenters. The van der Waals surface area contributed by atoms with Crippen LogP contribution >= 0.6 is 11.3 Å². The van der Waals surface area contributed by atoms with E-state index >= 15 is 0 Å². The second-order valence-electron chi connectivity index (χ2n) is 5.11. The van der Waals surface area contributed by atoms with Crippen LogP contribution in [0.1, 0.15) is 10.4 Å². The summed E-state index contributed by atoms with van der Waals surface area (Å²) in [5.41, 5.74) is 1.99. The highest BCUT2D eigenvalue weighted by molar-refractivity contribution is 7.13. The molecule has 0 aliphatic rings. The third-order valence-electron chi connectivity index (χ3n) is 3.55. The van der Waals surface area contributed by atoms with Gasteiger partial charge in [-0.2, -0.15) is 0 Å². The molecule has 3 rings (SSSR count). The van der Waals surface area contributed by atoms with E-state index in [9.17, 15) is 14.9 Å². The van der Waals surface area contributed by atoms with E-state index in [0.717, 1.165) is 10.6 Å². The third-order valence-corrected chi connectivity index (χ3v) is 4.37. The van der Waals surface area contributed by atoms with Gasteiger partial charge >= 0.3 is 0 Å². The number of aromatic nitrogens is 1. The summed E-state index contributed by atoms with van der Waals surface area (Å²) in [7, 11) is 1.59. The van der Waals surface area contributed by atoms with Gasteiger partial charge < -0.3 is 10.6 Å². The SMILES string of the molecule is CNc1ccc(C(=O)Nc2ccc(-c3nccs3)cc2)cc1[N+](=O)[O-]. The number of thiazole rings is 1. The van der Waals surface area contributed by atoms with Crippen molar-refractivity contribution >= 4 is 34.3 Å². The van der Waals surface area contributed by atoms with Crippen LogP contribution in [0, 0.1) is 10.1 Å². The summed E-state index contributed by atoms with van der Waals surface area (Å²) in [6.07, 6.45) is 1.73. The van der Waals surface area contributed by atoms with Crippen molar-refractivity contribution in [2.24, 2.45) is 0 Å². The van der Waals surface area contributed by atoms with E-state index in [1.165, 1.54) is 29.5 Å². The van der Waals surface area contributed by atoms with Crippen LogP contribution < -0.4 is 10.6 Å². The zero-order chi connectivity index (χ0) is 17.8. The summed E-state index contributed by atoms with van der Waals surface area (Å²) in [6, 6.07) is 11.6. The van der Waals surface area contributed by atoms with Gasteiger partial charge in [-0.25, -0.2) is 4.98 Å². The lowest BCUT2D eigenvalue weighted by Gasteiger charge is -2.07. The van der Waals surface area contributed by atoms with Gasteiger partial charge in [0, 0.05) is 41.5 Å². The standard InChI is InChI=1S/C17H14N4O3S/c1-18-14-7-4-12(10-15(14)21(23)24)16(22)20-13-5-2-11(3-6-13)17-19-8-9-25-17/h2-10,18H,1H3,(H,20,22). The molecule has 0 fully saturated rings. The van der Waals surface area contributed by atoms with Crippen molar-refractivity contribution in [1.29, 1.82) is 0 Å². The number of amides is 1. The fourth-order valence-corrected chi connectivity index (χ4v) is 2.95. The number of anilines is 2. The van der Waals surface area contributed by atoms with Crippen molar-refractivity contribution in [2.75, 3.05) is 17.7 Å². The van der Waals surface area contributed by atoms with E-state index in [0.29, 0.717) is 11.4 Å². The van der Waals surface area contributed by atoms with Gasteiger partial charge in [0.2, 0.25) is 0 Å². The Morgan fingerprint density at radius 1 is 1.20 bits per heavy atom. The number of benzene rings is 2. The predicted molar refractivity (Wildman–Crippen MR) is 98.1 cm³/mol. The molecule has 0 saturated heterocycles. The van der Waals surface area contributed by atoms with E-state index < -0.39 is 10.8 Å². The van der Waals surface area contributed by atoms with Crippen LogP contribution in [0.3, 0.4) is 0 Å². The first-order valence-electron chi connectivity index (χ1n) is 7.36. The maximum absolute atomic E-state index is 12.3. The molecule has 3 aromatic rings. The largest absolute Gasteiger partial charge is 0.383 e. The summed E-state index contributed by atoms with van der Waals surface area (Å²) < 4.78 is 0.